The monoisotopic (exact) mass is 441 g/mol. The first-order valence-electron chi connectivity index (χ1n) is 10.9. The number of anilines is 1. The molecule has 32 heavy (non-hydrogen) atoms. The first-order chi connectivity index (χ1) is 15.3. The third kappa shape index (κ3) is 2.84. The summed E-state index contributed by atoms with van der Waals surface area (Å²) in [7, 11) is 0. The number of nitrogens with zero attached hydrogens (tertiary/aromatic N) is 7. The van der Waals surface area contributed by atoms with Gasteiger partial charge in [-0.15, -0.1) is 0 Å². The smallest absolute Gasteiger partial charge is 0.251 e. The van der Waals surface area contributed by atoms with E-state index in [0.29, 0.717) is 25.3 Å². The predicted octanol–water partition coefficient (Wildman–Crippen LogP) is 3.28. The number of hydrogen-bond donors (Lipinski definition) is 0. The van der Waals surface area contributed by atoms with Crippen LogP contribution in [-0.2, 0) is 19.5 Å². The van der Waals surface area contributed by atoms with Gasteiger partial charge in [-0.2, -0.15) is 15.5 Å². The van der Waals surface area contributed by atoms with E-state index in [2.05, 4.69) is 21.8 Å². The van der Waals surface area contributed by atoms with Gasteiger partial charge in [0.2, 0.25) is 0 Å². The van der Waals surface area contributed by atoms with E-state index in [0.717, 1.165) is 36.1 Å². The fraction of sp³-hybridized carbons (Fsp3) is 0.500. The van der Waals surface area contributed by atoms with E-state index in [4.69, 9.17) is 5.10 Å². The van der Waals surface area contributed by atoms with E-state index in [1.807, 2.05) is 10.8 Å². The molecule has 7 nitrogen and oxygen atoms in total. The zero-order valence-corrected chi connectivity index (χ0v) is 17.6. The molecule has 166 valence electrons. The summed E-state index contributed by atoms with van der Waals surface area (Å²) < 4.78 is 44.9. The molecule has 1 aliphatic carbocycles. The lowest BCUT2D eigenvalue weighted by molar-refractivity contribution is -0.126. The van der Waals surface area contributed by atoms with Crippen LogP contribution in [0, 0.1) is 17.1 Å². The fourth-order valence-corrected chi connectivity index (χ4v) is 5.42. The Hall–Kier alpha value is -3.06. The van der Waals surface area contributed by atoms with E-state index in [9.17, 15) is 18.4 Å². The minimum Gasteiger partial charge on any atom is -0.362 e. The molecule has 6 rings (SSSR count). The van der Waals surface area contributed by atoms with Gasteiger partial charge in [0.05, 0.1) is 35.9 Å². The molecule has 1 saturated carbocycles. The summed E-state index contributed by atoms with van der Waals surface area (Å²) in [5.74, 6) is -3.01. The van der Waals surface area contributed by atoms with Gasteiger partial charge in [-0.3, -0.25) is 9.58 Å². The van der Waals surface area contributed by atoms with Crippen molar-refractivity contribution in [2.24, 2.45) is 0 Å². The summed E-state index contributed by atoms with van der Waals surface area (Å²) in [6.45, 7) is 4.62. The topological polar surface area (TPSA) is 65.4 Å². The van der Waals surface area contributed by atoms with Crippen molar-refractivity contribution < 1.29 is 13.2 Å². The summed E-state index contributed by atoms with van der Waals surface area (Å²) in [6, 6.07) is 5.46. The van der Waals surface area contributed by atoms with E-state index in [1.165, 1.54) is 4.52 Å². The Morgan fingerprint density at radius 3 is 2.78 bits per heavy atom. The maximum atomic E-state index is 14.6. The molecule has 0 spiro atoms. The molecule has 3 aromatic rings. The standard InChI is InChI=1S/C22H22F3N7/c1-13-10-30(19-3-2-14(8-26)32-21(19)17(23)9-27-32)12-20-16-11-29(15-6-22(24,25)7-15)5-4-18(16)28-31(13)20/h2-3,9,13,15H,4-7,10-12H2,1H3/t13-/m1/s1. The lowest BCUT2D eigenvalue weighted by atomic mass is 9.85. The molecular weight excluding hydrogens is 419 g/mol. The molecule has 0 aromatic carbocycles. The number of fused-ring (bicyclic) bond motifs is 4. The van der Waals surface area contributed by atoms with Gasteiger partial charge >= 0.3 is 0 Å². The fourth-order valence-electron chi connectivity index (χ4n) is 5.42. The second kappa shape index (κ2) is 6.72. The highest BCUT2D eigenvalue weighted by molar-refractivity contribution is 5.75. The number of halogens is 3. The zero-order chi connectivity index (χ0) is 22.2. The number of aromatic nitrogens is 4. The zero-order valence-electron chi connectivity index (χ0n) is 17.6. The Kier molecular flexibility index (Phi) is 4.12. The lowest BCUT2D eigenvalue weighted by Gasteiger charge is -2.44. The van der Waals surface area contributed by atoms with Gasteiger partial charge < -0.3 is 4.90 Å². The molecule has 3 aromatic heterocycles. The van der Waals surface area contributed by atoms with Crippen molar-refractivity contribution in [3.63, 3.8) is 0 Å². The Bertz CT molecular complexity index is 1260. The van der Waals surface area contributed by atoms with Gasteiger partial charge in [0.15, 0.2) is 5.82 Å². The van der Waals surface area contributed by atoms with Crippen LogP contribution in [0.3, 0.4) is 0 Å². The van der Waals surface area contributed by atoms with E-state index < -0.39 is 11.7 Å². The number of pyridine rings is 1. The van der Waals surface area contributed by atoms with Gasteiger partial charge in [0.1, 0.15) is 17.3 Å². The highest BCUT2D eigenvalue weighted by atomic mass is 19.3. The van der Waals surface area contributed by atoms with Crippen molar-refractivity contribution in [3.8, 4) is 6.07 Å². The Morgan fingerprint density at radius 1 is 1.22 bits per heavy atom. The van der Waals surface area contributed by atoms with Crippen LogP contribution in [0.4, 0.5) is 18.9 Å². The number of rotatable bonds is 2. The van der Waals surface area contributed by atoms with Crippen molar-refractivity contribution in [1.82, 2.24) is 24.3 Å². The number of hydrogen-bond acceptors (Lipinski definition) is 5. The van der Waals surface area contributed by atoms with Crippen molar-refractivity contribution in [1.29, 1.82) is 5.26 Å². The molecule has 0 radical (unpaired) electrons. The molecule has 0 unspecified atom stereocenters. The molecule has 0 N–H and O–H groups in total. The highest BCUT2D eigenvalue weighted by Gasteiger charge is 2.48. The quantitative estimate of drug-likeness (QED) is 0.611. The molecule has 0 bridgehead atoms. The van der Waals surface area contributed by atoms with Gasteiger partial charge in [-0.05, 0) is 19.1 Å². The van der Waals surface area contributed by atoms with Crippen LogP contribution in [0.25, 0.3) is 5.52 Å². The van der Waals surface area contributed by atoms with Crippen LogP contribution in [0.2, 0.25) is 0 Å². The van der Waals surface area contributed by atoms with Gasteiger partial charge in [-0.1, -0.05) is 0 Å². The highest BCUT2D eigenvalue weighted by Crippen LogP contribution is 2.42. The molecule has 1 fully saturated rings. The average Bonchev–Trinajstić information content (AvgIpc) is 3.32. The lowest BCUT2D eigenvalue weighted by Crippen LogP contribution is -2.52. The van der Waals surface area contributed by atoms with E-state index in [-0.39, 0.29) is 36.1 Å². The summed E-state index contributed by atoms with van der Waals surface area (Å²) in [5, 5.41) is 18.2. The van der Waals surface area contributed by atoms with Crippen LogP contribution in [0.1, 0.15) is 48.5 Å². The second-order valence-electron chi connectivity index (χ2n) is 9.15. The number of nitriles is 1. The second-order valence-corrected chi connectivity index (χ2v) is 9.15. The maximum absolute atomic E-state index is 14.6. The third-order valence-corrected chi connectivity index (χ3v) is 7.08. The SMILES string of the molecule is C[C@@H]1CN(c2ccc(C#N)n3ncc(F)c23)Cc2c3c(nn21)CCN(C1CC(F)(F)C1)C3. The minimum absolute atomic E-state index is 0.0625. The van der Waals surface area contributed by atoms with Gasteiger partial charge in [0, 0.05) is 50.5 Å². The van der Waals surface area contributed by atoms with E-state index in [1.54, 1.807) is 12.1 Å². The number of alkyl halides is 2. The summed E-state index contributed by atoms with van der Waals surface area (Å²) in [5.41, 5.74) is 4.44. The Labute approximate surface area is 182 Å². The summed E-state index contributed by atoms with van der Waals surface area (Å²) in [6.07, 6.45) is 1.74. The van der Waals surface area contributed by atoms with Crippen molar-refractivity contribution in [2.45, 2.75) is 57.3 Å². The molecule has 3 aliphatic rings. The van der Waals surface area contributed by atoms with E-state index >= 15 is 0 Å². The third-order valence-electron chi connectivity index (χ3n) is 7.08. The van der Waals surface area contributed by atoms with Gasteiger partial charge in [0.25, 0.3) is 5.92 Å². The Balaban J connectivity index is 1.35. The van der Waals surface area contributed by atoms with Crippen LogP contribution < -0.4 is 4.90 Å². The molecular formula is C22H22F3N7. The van der Waals surface area contributed by atoms with Crippen LogP contribution >= 0.6 is 0 Å². The molecule has 0 amide bonds. The van der Waals surface area contributed by atoms with Crippen molar-refractivity contribution >= 4 is 11.2 Å². The summed E-state index contributed by atoms with van der Waals surface area (Å²) in [4.78, 5) is 4.25. The van der Waals surface area contributed by atoms with Crippen molar-refractivity contribution in [2.75, 3.05) is 18.0 Å². The maximum Gasteiger partial charge on any atom is 0.251 e. The van der Waals surface area contributed by atoms with Crippen molar-refractivity contribution in [3.05, 3.63) is 46.8 Å². The first-order valence-corrected chi connectivity index (χ1v) is 10.9. The average molecular weight is 441 g/mol. The van der Waals surface area contributed by atoms with Gasteiger partial charge in [-0.25, -0.2) is 17.7 Å². The minimum atomic E-state index is -2.54. The predicted molar refractivity (Wildman–Crippen MR) is 110 cm³/mol. The first kappa shape index (κ1) is 19.6. The molecule has 2 aliphatic heterocycles. The molecule has 1 atom stereocenters. The Morgan fingerprint density at radius 2 is 2.03 bits per heavy atom. The van der Waals surface area contributed by atoms with Crippen LogP contribution in [0.5, 0.6) is 0 Å². The normalized spacial score (nSPS) is 23.0. The molecule has 10 heteroatoms. The van der Waals surface area contributed by atoms with Crippen LogP contribution in [-0.4, -0.2) is 49.3 Å². The summed E-state index contributed by atoms with van der Waals surface area (Å²) >= 11 is 0. The molecule has 5 heterocycles. The van der Waals surface area contributed by atoms with Crippen LogP contribution in [0.15, 0.2) is 18.3 Å². The largest absolute Gasteiger partial charge is 0.362 e. The molecule has 0 saturated heterocycles.